The van der Waals surface area contributed by atoms with Crippen molar-refractivity contribution in [3.8, 4) is 5.75 Å². The third kappa shape index (κ3) is 3.58. The predicted octanol–water partition coefficient (Wildman–Crippen LogP) is 3.24. The molecule has 0 spiro atoms. The first-order chi connectivity index (χ1) is 9.11. The molecule has 1 N–H and O–H groups in total. The van der Waals surface area contributed by atoms with E-state index in [0.717, 1.165) is 27.1 Å². The van der Waals surface area contributed by atoms with Crippen LogP contribution in [0.5, 0.6) is 5.75 Å². The Bertz CT molecular complexity index is 546. The molecule has 0 aliphatic heterocycles. The van der Waals surface area contributed by atoms with E-state index in [9.17, 15) is 0 Å². The van der Waals surface area contributed by atoms with E-state index in [-0.39, 0.29) is 0 Å². The Balaban J connectivity index is 2.14. The summed E-state index contributed by atoms with van der Waals surface area (Å²) in [7, 11) is 3.87. The van der Waals surface area contributed by atoms with Gasteiger partial charge in [-0.05, 0) is 56.6 Å². The number of benzene rings is 1. The first kappa shape index (κ1) is 14.6. The highest BCUT2D eigenvalue weighted by Crippen LogP contribution is 2.35. The van der Waals surface area contributed by atoms with Crippen molar-refractivity contribution in [1.29, 1.82) is 0 Å². The molecule has 1 aromatic carbocycles. The molecule has 102 valence electrons. The van der Waals surface area contributed by atoms with Crippen LogP contribution in [0.3, 0.4) is 0 Å². The molecule has 0 aliphatic carbocycles. The van der Waals surface area contributed by atoms with Gasteiger partial charge in [-0.1, -0.05) is 0 Å². The van der Waals surface area contributed by atoms with Crippen molar-refractivity contribution in [3.63, 3.8) is 0 Å². The molecule has 19 heavy (non-hydrogen) atoms. The molecule has 0 saturated carbocycles. The number of hydrogen-bond acceptors (Lipinski definition) is 3. The van der Waals surface area contributed by atoms with Gasteiger partial charge < -0.3 is 14.6 Å². The molecule has 0 radical (unpaired) electrons. The van der Waals surface area contributed by atoms with Crippen LogP contribution in [0.25, 0.3) is 0 Å². The molecule has 0 saturated heterocycles. The molecule has 0 amide bonds. The number of hydrogen-bond donors (Lipinski definition) is 1. The Kier molecular flexibility index (Phi) is 5.01. The van der Waals surface area contributed by atoms with Crippen molar-refractivity contribution < 1.29 is 4.74 Å². The first-order valence-corrected chi connectivity index (χ1v) is 7.42. The predicted molar refractivity (Wildman–Crippen MR) is 82.1 cm³/mol. The van der Waals surface area contributed by atoms with Gasteiger partial charge in [-0.25, -0.2) is 4.98 Å². The molecule has 0 unspecified atom stereocenters. The maximum absolute atomic E-state index is 5.83. The van der Waals surface area contributed by atoms with Crippen LogP contribution in [0.15, 0.2) is 33.5 Å². The number of ether oxygens (including phenoxy) is 1. The highest BCUT2D eigenvalue weighted by molar-refractivity contribution is 9.11. The number of halogens is 2. The van der Waals surface area contributed by atoms with Gasteiger partial charge in [-0.15, -0.1) is 0 Å². The van der Waals surface area contributed by atoms with E-state index in [2.05, 4.69) is 54.3 Å². The van der Waals surface area contributed by atoms with E-state index in [1.165, 1.54) is 5.56 Å². The summed E-state index contributed by atoms with van der Waals surface area (Å²) in [5.41, 5.74) is 1.19. The summed E-state index contributed by atoms with van der Waals surface area (Å²) in [6.07, 6.45) is 3.66. The van der Waals surface area contributed by atoms with Gasteiger partial charge in [-0.2, -0.15) is 0 Å². The molecule has 0 atom stereocenters. The summed E-state index contributed by atoms with van der Waals surface area (Å²) in [5, 5.41) is 3.12. The van der Waals surface area contributed by atoms with E-state index >= 15 is 0 Å². The van der Waals surface area contributed by atoms with E-state index in [4.69, 9.17) is 4.74 Å². The van der Waals surface area contributed by atoms with E-state index in [1.807, 2.05) is 24.9 Å². The number of rotatable bonds is 5. The van der Waals surface area contributed by atoms with Gasteiger partial charge in [0.1, 0.15) is 18.2 Å². The fraction of sp³-hybridized carbons (Fsp3) is 0.308. The monoisotopic (exact) mass is 387 g/mol. The Hall–Kier alpha value is -0.850. The molecule has 6 heteroatoms. The number of imidazole rings is 1. The van der Waals surface area contributed by atoms with Crippen molar-refractivity contribution in [2.24, 2.45) is 7.05 Å². The lowest BCUT2D eigenvalue weighted by Crippen LogP contribution is -2.06. The fourth-order valence-corrected chi connectivity index (χ4v) is 3.24. The zero-order valence-corrected chi connectivity index (χ0v) is 14.0. The maximum Gasteiger partial charge on any atom is 0.148 e. The van der Waals surface area contributed by atoms with Gasteiger partial charge in [-0.3, -0.25) is 0 Å². The van der Waals surface area contributed by atoms with Crippen molar-refractivity contribution in [2.75, 3.05) is 7.05 Å². The zero-order valence-electron chi connectivity index (χ0n) is 10.8. The zero-order chi connectivity index (χ0) is 13.8. The summed E-state index contributed by atoms with van der Waals surface area (Å²) < 4.78 is 9.63. The summed E-state index contributed by atoms with van der Waals surface area (Å²) in [6, 6.07) is 4.10. The van der Waals surface area contributed by atoms with Crippen LogP contribution in [0.4, 0.5) is 0 Å². The fourth-order valence-electron chi connectivity index (χ4n) is 1.73. The van der Waals surface area contributed by atoms with Gasteiger partial charge in [0.2, 0.25) is 0 Å². The molecule has 1 aromatic heterocycles. The first-order valence-electron chi connectivity index (χ1n) is 5.83. The summed E-state index contributed by atoms with van der Waals surface area (Å²) in [6.45, 7) is 1.25. The van der Waals surface area contributed by atoms with Crippen LogP contribution in [-0.2, 0) is 20.2 Å². The number of aryl methyl sites for hydroxylation is 1. The van der Waals surface area contributed by atoms with Gasteiger partial charge >= 0.3 is 0 Å². The highest BCUT2D eigenvalue weighted by atomic mass is 79.9. The lowest BCUT2D eigenvalue weighted by molar-refractivity contribution is 0.288. The number of nitrogens with zero attached hydrogens (tertiary/aromatic N) is 2. The second kappa shape index (κ2) is 6.54. The average molecular weight is 389 g/mol. The topological polar surface area (TPSA) is 39.1 Å². The molecular formula is C13H15Br2N3O. The summed E-state index contributed by atoms with van der Waals surface area (Å²) in [4.78, 5) is 4.23. The molecule has 1 heterocycles. The Morgan fingerprint density at radius 1 is 1.32 bits per heavy atom. The van der Waals surface area contributed by atoms with Crippen LogP contribution < -0.4 is 10.1 Å². The normalized spacial score (nSPS) is 10.7. The van der Waals surface area contributed by atoms with Crippen LogP contribution >= 0.6 is 31.9 Å². The van der Waals surface area contributed by atoms with Gasteiger partial charge in [0, 0.05) is 26.0 Å². The standard InChI is InChI=1S/C13H15Br2N3O/c1-16-7-9-5-10(14)13(11(15)6-9)19-8-12-17-3-4-18(12)2/h3-6,16H,7-8H2,1-2H3. The summed E-state index contributed by atoms with van der Waals surface area (Å²) >= 11 is 7.08. The molecule has 2 rings (SSSR count). The lowest BCUT2D eigenvalue weighted by atomic mass is 10.2. The van der Waals surface area contributed by atoms with E-state index in [0.29, 0.717) is 6.61 Å². The minimum Gasteiger partial charge on any atom is -0.483 e. The number of aromatic nitrogens is 2. The van der Waals surface area contributed by atoms with Gasteiger partial charge in [0.25, 0.3) is 0 Å². The minimum atomic E-state index is 0.437. The quantitative estimate of drug-likeness (QED) is 0.854. The van der Waals surface area contributed by atoms with Crippen LogP contribution in [-0.4, -0.2) is 16.6 Å². The van der Waals surface area contributed by atoms with Crippen molar-refractivity contribution in [3.05, 3.63) is 44.9 Å². The van der Waals surface area contributed by atoms with Crippen LogP contribution in [0.2, 0.25) is 0 Å². The second-order valence-corrected chi connectivity index (χ2v) is 5.87. The molecule has 0 bridgehead atoms. The molecular weight excluding hydrogens is 374 g/mol. The maximum atomic E-state index is 5.83. The Morgan fingerprint density at radius 3 is 2.53 bits per heavy atom. The average Bonchev–Trinajstić information content (AvgIpc) is 2.74. The van der Waals surface area contributed by atoms with Crippen LogP contribution in [0, 0.1) is 0 Å². The molecule has 0 fully saturated rings. The van der Waals surface area contributed by atoms with Crippen molar-refractivity contribution in [2.45, 2.75) is 13.2 Å². The second-order valence-electron chi connectivity index (χ2n) is 4.16. The van der Waals surface area contributed by atoms with Crippen LogP contribution in [0.1, 0.15) is 11.4 Å². The number of nitrogens with one attached hydrogen (secondary N) is 1. The third-order valence-corrected chi connectivity index (χ3v) is 3.88. The molecule has 0 aliphatic rings. The molecule has 4 nitrogen and oxygen atoms in total. The third-order valence-electron chi connectivity index (χ3n) is 2.71. The Labute approximate surface area is 129 Å². The summed E-state index contributed by atoms with van der Waals surface area (Å²) in [5.74, 6) is 1.68. The van der Waals surface area contributed by atoms with Crippen molar-refractivity contribution in [1.82, 2.24) is 14.9 Å². The van der Waals surface area contributed by atoms with Crippen molar-refractivity contribution >= 4 is 31.9 Å². The smallest absolute Gasteiger partial charge is 0.148 e. The minimum absolute atomic E-state index is 0.437. The molecule has 2 aromatic rings. The largest absolute Gasteiger partial charge is 0.483 e. The van der Waals surface area contributed by atoms with E-state index in [1.54, 1.807) is 6.20 Å². The lowest BCUT2D eigenvalue weighted by Gasteiger charge is -2.12. The highest BCUT2D eigenvalue weighted by Gasteiger charge is 2.10. The van der Waals surface area contributed by atoms with Gasteiger partial charge in [0.15, 0.2) is 0 Å². The van der Waals surface area contributed by atoms with Gasteiger partial charge in [0.05, 0.1) is 8.95 Å². The SMILES string of the molecule is CNCc1cc(Br)c(OCc2nccn2C)c(Br)c1. The van der Waals surface area contributed by atoms with E-state index < -0.39 is 0 Å². The Morgan fingerprint density at radius 2 is 2.00 bits per heavy atom.